The van der Waals surface area contributed by atoms with Gasteiger partial charge in [0, 0.05) is 25.0 Å². The monoisotopic (exact) mass is 272 g/mol. The first kappa shape index (κ1) is 14.1. The van der Waals surface area contributed by atoms with Crippen molar-refractivity contribution in [2.75, 3.05) is 18.4 Å². The van der Waals surface area contributed by atoms with Gasteiger partial charge in [-0.1, -0.05) is 12.1 Å². The normalized spacial score (nSPS) is 10.3. The number of nitrogens with one attached hydrogen (secondary N) is 2. The molecule has 20 heavy (non-hydrogen) atoms. The first-order chi connectivity index (χ1) is 9.70. The average molecular weight is 272 g/mol. The van der Waals surface area contributed by atoms with Crippen molar-refractivity contribution < 1.29 is 4.79 Å². The number of amides is 1. The highest BCUT2D eigenvalue weighted by atomic mass is 16.1. The van der Waals surface area contributed by atoms with Crippen LogP contribution in [0.1, 0.15) is 22.8 Å². The maximum atomic E-state index is 12.2. The summed E-state index contributed by atoms with van der Waals surface area (Å²) in [6.45, 7) is 6.02. The Morgan fingerprint density at radius 1 is 1.35 bits per heavy atom. The number of hydrogen-bond donors (Lipinski definition) is 2. The first-order valence-corrected chi connectivity index (χ1v) is 6.81. The van der Waals surface area contributed by atoms with Crippen LogP contribution in [0, 0.1) is 6.92 Å². The number of para-hydroxylation sites is 1. The number of aryl methyl sites for hydroxylation is 1. The van der Waals surface area contributed by atoms with E-state index in [4.69, 9.17) is 0 Å². The molecular weight excluding hydrogens is 252 g/mol. The molecule has 0 aliphatic heterocycles. The topological polar surface area (TPSA) is 59.0 Å². The van der Waals surface area contributed by atoms with Gasteiger partial charge in [-0.2, -0.15) is 5.10 Å². The molecule has 0 saturated carbocycles. The van der Waals surface area contributed by atoms with E-state index >= 15 is 0 Å². The summed E-state index contributed by atoms with van der Waals surface area (Å²) < 4.78 is 1.83. The summed E-state index contributed by atoms with van der Waals surface area (Å²) in [5.74, 6) is -0.0644. The highest BCUT2D eigenvalue weighted by molar-refractivity contribution is 5.99. The van der Waals surface area contributed by atoms with Gasteiger partial charge < -0.3 is 10.6 Å². The molecule has 0 saturated heterocycles. The van der Waals surface area contributed by atoms with Crippen molar-refractivity contribution in [2.45, 2.75) is 20.4 Å². The lowest BCUT2D eigenvalue weighted by Gasteiger charge is -2.11. The van der Waals surface area contributed by atoms with Gasteiger partial charge in [-0.05, 0) is 31.5 Å². The number of nitrogens with zero attached hydrogens (tertiary/aromatic N) is 2. The van der Waals surface area contributed by atoms with Crippen molar-refractivity contribution in [3.63, 3.8) is 0 Å². The van der Waals surface area contributed by atoms with Crippen LogP contribution in [0.15, 0.2) is 36.7 Å². The van der Waals surface area contributed by atoms with Crippen LogP contribution in [0.5, 0.6) is 0 Å². The Hall–Kier alpha value is -2.30. The lowest BCUT2D eigenvalue weighted by molar-refractivity contribution is 0.0952. The second-order valence-electron chi connectivity index (χ2n) is 4.61. The molecule has 0 aliphatic rings. The van der Waals surface area contributed by atoms with E-state index in [1.165, 1.54) is 0 Å². The summed E-state index contributed by atoms with van der Waals surface area (Å²) in [6.07, 6.45) is 3.76. The zero-order valence-electron chi connectivity index (χ0n) is 11.9. The molecule has 0 spiro atoms. The van der Waals surface area contributed by atoms with E-state index in [0.717, 1.165) is 17.8 Å². The molecule has 0 fully saturated rings. The summed E-state index contributed by atoms with van der Waals surface area (Å²) in [5, 5.41) is 10.3. The zero-order valence-corrected chi connectivity index (χ0v) is 11.9. The van der Waals surface area contributed by atoms with Crippen LogP contribution in [0.2, 0.25) is 0 Å². The van der Waals surface area contributed by atoms with E-state index < -0.39 is 0 Å². The van der Waals surface area contributed by atoms with Gasteiger partial charge in [0.2, 0.25) is 0 Å². The van der Waals surface area contributed by atoms with Crippen LogP contribution in [0.4, 0.5) is 5.69 Å². The highest BCUT2D eigenvalue weighted by Crippen LogP contribution is 2.14. The Bertz CT molecular complexity index is 577. The van der Waals surface area contributed by atoms with E-state index in [1.54, 1.807) is 0 Å². The third kappa shape index (κ3) is 3.60. The lowest BCUT2D eigenvalue weighted by Crippen LogP contribution is -2.28. The quantitative estimate of drug-likeness (QED) is 0.846. The first-order valence-electron chi connectivity index (χ1n) is 6.81. The molecule has 0 bridgehead atoms. The predicted octanol–water partition coefficient (Wildman–Crippen LogP) is 2.05. The second kappa shape index (κ2) is 6.75. The van der Waals surface area contributed by atoms with Gasteiger partial charge >= 0.3 is 0 Å². The van der Waals surface area contributed by atoms with Gasteiger partial charge in [0.05, 0.1) is 18.3 Å². The van der Waals surface area contributed by atoms with Gasteiger partial charge in [-0.3, -0.25) is 9.48 Å². The van der Waals surface area contributed by atoms with Crippen molar-refractivity contribution in [3.8, 4) is 0 Å². The van der Waals surface area contributed by atoms with E-state index in [9.17, 15) is 4.79 Å². The Morgan fingerprint density at radius 2 is 2.15 bits per heavy atom. The Morgan fingerprint density at radius 3 is 2.85 bits per heavy atom. The minimum absolute atomic E-state index is 0.0644. The summed E-state index contributed by atoms with van der Waals surface area (Å²) in [6, 6.07) is 7.52. The largest absolute Gasteiger partial charge is 0.385 e. The fourth-order valence-electron chi connectivity index (χ4n) is 1.99. The third-order valence-electron chi connectivity index (χ3n) is 2.93. The number of hydrogen-bond acceptors (Lipinski definition) is 3. The molecule has 5 nitrogen and oxygen atoms in total. The van der Waals surface area contributed by atoms with Crippen molar-refractivity contribution >= 4 is 11.6 Å². The molecule has 1 heterocycles. The molecule has 1 amide bonds. The van der Waals surface area contributed by atoms with E-state index in [1.807, 2.05) is 55.2 Å². The van der Waals surface area contributed by atoms with Gasteiger partial charge in [-0.25, -0.2) is 0 Å². The SMILES string of the molecule is CCNc1ccccc1C(=O)NCCn1cc(C)cn1. The lowest BCUT2D eigenvalue weighted by atomic mass is 10.1. The number of rotatable bonds is 6. The van der Waals surface area contributed by atoms with Gasteiger partial charge in [0.1, 0.15) is 0 Å². The van der Waals surface area contributed by atoms with Gasteiger partial charge in [0.15, 0.2) is 0 Å². The molecule has 2 N–H and O–H groups in total. The second-order valence-corrected chi connectivity index (χ2v) is 4.61. The van der Waals surface area contributed by atoms with Gasteiger partial charge in [0.25, 0.3) is 5.91 Å². The predicted molar refractivity (Wildman–Crippen MR) is 79.9 cm³/mol. The number of carbonyl (C=O) groups is 1. The van der Waals surface area contributed by atoms with Crippen LogP contribution in [0.25, 0.3) is 0 Å². The summed E-state index contributed by atoms with van der Waals surface area (Å²) in [4.78, 5) is 12.2. The molecule has 106 valence electrons. The molecular formula is C15H20N4O. The molecule has 0 atom stereocenters. The maximum absolute atomic E-state index is 12.2. The standard InChI is InChI=1S/C15H20N4O/c1-3-16-14-7-5-4-6-13(14)15(20)17-8-9-19-11-12(2)10-18-19/h4-7,10-11,16H,3,8-9H2,1-2H3,(H,17,20). The fraction of sp³-hybridized carbons (Fsp3) is 0.333. The van der Waals surface area contributed by atoms with Crippen molar-refractivity contribution in [2.24, 2.45) is 0 Å². The van der Waals surface area contributed by atoms with Crippen LogP contribution in [-0.4, -0.2) is 28.8 Å². The Labute approximate surface area is 119 Å². The average Bonchev–Trinajstić information content (AvgIpc) is 2.85. The molecule has 2 aromatic rings. The van der Waals surface area contributed by atoms with Crippen molar-refractivity contribution in [1.29, 1.82) is 0 Å². The molecule has 5 heteroatoms. The summed E-state index contributed by atoms with van der Waals surface area (Å²) in [7, 11) is 0. The van der Waals surface area contributed by atoms with Crippen molar-refractivity contribution in [3.05, 3.63) is 47.8 Å². The van der Waals surface area contributed by atoms with Crippen LogP contribution in [-0.2, 0) is 6.54 Å². The fourth-order valence-corrected chi connectivity index (χ4v) is 1.99. The number of carbonyl (C=O) groups excluding carboxylic acids is 1. The Kier molecular flexibility index (Phi) is 4.76. The summed E-state index contributed by atoms with van der Waals surface area (Å²) in [5.41, 5.74) is 2.65. The smallest absolute Gasteiger partial charge is 0.253 e. The zero-order chi connectivity index (χ0) is 14.4. The highest BCUT2D eigenvalue weighted by Gasteiger charge is 2.09. The van der Waals surface area contributed by atoms with E-state index in [2.05, 4.69) is 15.7 Å². The maximum Gasteiger partial charge on any atom is 0.253 e. The molecule has 0 aliphatic carbocycles. The molecule has 0 radical (unpaired) electrons. The van der Waals surface area contributed by atoms with Crippen molar-refractivity contribution in [1.82, 2.24) is 15.1 Å². The van der Waals surface area contributed by atoms with Crippen LogP contribution in [0.3, 0.4) is 0 Å². The minimum Gasteiger partial charge on any atom is -0.385 e. The third-order valence-corrected chi connectivity index (χ3v) is 2.93. The Balaban J connectivity index is 1.91. The van der Waals surface area contributed by atoms with Crippen LogP contribution < -0.4 is 10.6 Å². The van der Waals surface area contributed by atoms with E-state index in [-0.39, 0.29) is 5.91 Å². The summed E-state index contributed by atoms with van der Waals surface area (Å²) >= 11 is 0. The molecule has 1 aromatic carbocycles. The molecule has 0 unspecified atom stereocenters. The number of anilines is 1. The minimum atomic E-state index is -0.0644. The van der Waals surface area contributed by atoms with E-state index in [0.29, 0.717) is 18.7 Å². The van der Waals surface area contributed by atoms with Crippen LogP contribution >= 0.6 is 0 Å². The van der Waals surface area contributed by atoms with Gasteiger partial charge in [-0.15, -0.1) is 0 Å². The number of aromatic nitrogens is 2. The molecule has 1 aromatic heterocycles. The molecule has 2 rings (SSSR count). The number of benzene rings is 1.